The van der Waals surface area contributed by atoms with Crippen molar-refractivity contribution >= 4 is 16.9 Å². The molecular weight excluding hydrogens is 403 g/mol. The van der Waals surface area contributed by atoms with Crippen molar-refractivity contribution < 1.29 is 13.9 Å². The standard InChI is InChI=1S/C22H19FN4O4/c1-3-26-21(29)19-20(27(22(26)30)16-6-4-5-15(23)11-16)24-13-25(19)12-18(28)14-7-9-17(31-2)10-8-14/h4-11,13H,3,12H2,1-2H3. The van der Waals surface area contributed by atoms with Crippen LogP contribution in [-0.2, 0) is 13.1 Å². The monoisotopic (exact) mass is 422 g/mol. The third kappa shape index (κ3) is 3.54. The Morgan fingerprint density at radius 3 is 2.52 bits per heavy atom. The van der Waals surface area contributed by atoms with Crippen molar-refractivity contribution in [2.75, 3.05) is 7.11 Å². The first-order valence-corrected chi connectivity index (χ1v) is 9.58. The molecule has 2 aromatic carbocycles. The molecule has 0 radical (unpaired) electrons. The molecule has 0 fully saturated rings. The van der Waals surface area contributed by atoms with Crippen molar-refractivity contribution in [3.05, 3.63) is 87.1 Å². The van der Waals surface area contributed by atoms with E-state index in [1.165, 1.54) is 40.8 Å². The van der Waals surface area contributed by atoms with Gasteiger partial charge in [-0.25, -0.2) is 18.7 Å². The highest BCUT2D eigenvalue weighted by Gasteiger charge is 2.20. The number of fused-ring (bicyclic) bond motifs is 1. The number of imidazole rings is 1. The molecule has 8 nitrogen and oxygen atoms in total. The Morgan fingerprint density at radius 2 is 1.87 bits per heavy atom. The summed E-state index contributed by atoms with van der Waals surface area (Å²) >= 11 is 0. The second-order valence-corrected chi connectivity index (χ2v) is 6.84. The average Bonchev–Trinajstić information content (AvgIpc) is 3.17. The van der Waals surface area contributed by atoms with Gasteiger partial charge in [0.15, 0.2) is 16.9 Å². The number of carbonyl (C=O) groups is 1. The summed E-state index contributed by atoms with van der Waals surface area (Å²) in [6.07, 6.45) is 1.34. The van der Waals surface area contributed by atoms with Crippen LogP contribution >= 0.6 is 0 Å². The second kappa shape index (κ2) is 8.02. The molecule has 31 heavy (non-hydrogen) atoms. The number of benzene rings is 2. The molecule has 0 aliphatic rings. The first-order valence-electron chi connectivity index (χ1n) is 9.58. The molecule has 0 spiro atoms. The van der Waals surface area contributed by atoms with E-state index >= 15 is 0 Å². The highest BCUT2D eigenvalue weighted by atomic mass is 19.1. The third-order valence-electron chi connectivity index (χ3n) is 5.01. The molecule has 158 valence electrons. The van der Waals surface area contributed by atoms with Crippen molar-refractivity contribution in [2.45, 2.75) is 20.0 Å². The minimum Gasteiger partial charge on any atom is -0.497 e. The predicted octanol–water partition coefficient (Wildman–Crippen LogP) is 2.40. The molecule has 0 amide bonds. The molecule has 2 heterocycles. The summed E-state index contributed by atoms with van der Waals surface area (Å²) in [7, 11) is 1.53. The van der Waals surface area contributed by atoms with Gasteiger partial charge in [-0.1, -0.05) is 6.07 Å². The number of aromatic nitrogens is 4. The zero-order valence-electron chi connectivity index (χ0n) is 16.9. The van der Waals surface area contributed by atoms with Crippen LogP contribution in [-0.4, -0.2) is 31.6 Å². The van der Waals surface area contributed by atoms with Gasteiger partial charge in [0, 0.05) is 12.1 Å². The highest BCUT2D eigenvalue weighted by Crippen LogP contribution is 2.16. The van der Waals surface area contributed by atoms with Crippen LogP contribution in [0.3, 0.4) is 0 Å². The van der Waals surface area contributed by atoms with Crippen LogP contribution in [0.15, 0.2) is 64.4 Å². The fourth-order valence-corrected chi connectivity index (χ4v) is 3.45. The van der Waals surface area contributed by atoms with Gasteiger partial charge < -0.3 is 9.30 Å². The van der Waals surface area contributed by atoms with E-state index in [0.717, 1.165) is 4.57 Å². The third-order valence-corrected chi connectivity index (χ3v) is 5.01. The fraction of sp³-hybridized carbons (Fsp3) is 0.182. The minimum absolute atomic E-state index is 0.0628. The van der Waals surface area contributed by atoms with E-state index in [2.05, 4.69) is 4.98 Å². The highest BCUT2D eigenvalue weighted by molar-refractivity contribution is 5.96. The number of carbonyl (C=O) groups excluding carboxylic acids is 1. The van der Waals surface area contributed by atoms with Gasteiger partial charge in [0.25, 0.3) is 5.56 Å². The maximum atomic E-state index is 13.8. The Bertz CT molecular complexity index is 1400. The molecule has 0 atom stereocenters. The van der Waals surface area contributed by atoms with Gasteiger partial charge >= 0.3 is 5.69 Å². The SMILES string of the molecule is CCn1c(=O)c2c(ncn2CC(=O)c2ccc(OC)cc2)n(-c2cccc(F)c2)c1=O. The van der Waals surface area contributed by atoms with Gasteiger partial charge in [0.1, 0.15) is 11.6 Å². The van der Waals surface area contributed by atoms with Crippen molar-refractivity contribution in [1.82, 2.24) is 18.7 Å². The second-order valence-electron chi connectivity index (χ2n) is 6.84. The van der Waals surface area contributed by atoms with Crippen molar-refractivity contribution in [3.63, 3.8) is 0 Å². The van der Waals surface area contributed by atoms with Crippen molar-refractivity contribution in [2.24, 2.45) is 0 Å². The molecule has 0 saturated carbocycles. The quantitative estimate of drug-likeness (QED) is 0.445. The van der Waals surface area contributed by atoms with E-state index in [0.29, 0.717) is 11.3 Å². The van der Waals surface area contributed by atoms with Crippen LogP contribution in [0, 0.1) is 5.82 Å². The molecule has 0 aliphatic heterocycles. The Hall–Kier alpha value is -4.01. The zero-order valence-corrected chi connectivity index (χ0v) is 16.9. The smallest absolute Gasteiger partial charge is 0.337 e. The van der Waals surface area contributed by atoms with Crippen molar-refractivity contribution in [1.29, 1.82) is 0 Å². The lowest BCUT2D eigenvalue weighted by Gasteiger charge is -2.11. The van der Waals surface area contributed by atoms with Crippen molar-refractivity contribution in [3.8, 4) is 11.4 Å². The molecule has 0 saturated heterocycles. The number of halogens is 1. The fourth-order valence-electron chi connectivity index (χ4n) is 3.45. The number of ether oxygens (including phenoxy) is 1. The minimum atomic E-state index is -0.627. The van der Waals surface area contributed by atoms with Gasteiger partial charge in [0.2, 0.25) is 0 Å². The molecule has 0 aliphatic carbocycles. The maximum absolute atomic E-state index is 13.8. The topological polar surface area (TPSA) is 88.1 Å². The van der Waals surface area contributed by atoms with E-state index in [9.17, 15) is 18.8 Å². The van der Waals surface area contributed by atoms with E-state index < -0.39 is 17.1 Å². The summed E-state index contributed by atoms with van der Waals surface area (Å²) < 4.78 is 22.5. The first-order chi connectivity index (χ1) is 14.9. The number of hydrogen-bond acceptors (Lipinski definition) is 5. The predicted molar refractivity (Wildman–Crippen MR) is 113 cm³/mol. The van der Waals surface area contributed by atoms with E-state index in [1.807, 2.05) is 0 Å². The Kier molecular flexibility index (Phi) is 5.24. The van der Waals surface area contributed by atoms with Gasteiger partial charge in [-0.05, 0) is 49.4 Å². The van der Waals surface area contributed by atoms with E-state index in [1.54, 1.807) is 37.3 Å². The van der Waals surface area contributed by atoms with Gasteiger partial charge in [0.05, 0.1) is 25.7 Å². The zero-order chi connectivity index (χ0) is 22.1. The summed E-state index contributed by atoms with van der Waals surface area (Å²) in [6, 6.07) is 12.1. The molecule has 0 unspecified atom stereocenters. The molecule has 9 heteroatoms. The summed E-state index contributed by atoms with van der Waals surface area (Å²) in [6.45, 7) is 1.62. The van der Waals surface area contributed by atoms with Gasteiger partial charge in [-0.15, -0.1) is 0 Å². The van der Waals surface area contributed by atoms with Crippen LogP contribution in [0.1, 0.15) is 17.3 Å². The van der Waals surface area contributed by atoms with E-state index in [4.69, 9.17) is 4.74 Å². The number of nitrogens with zero attached hydrogens (tertiary/aromatic N) is 4. The number of methoxy groups -OCH3 is 1. The lowest BCUT2D eigenvalue weighted by molar-refractivity contribution is 0.0973. The van der Waals surface area contributed by atoms with E-state index in [-0.39, 0.29) is 35.7 Å². The summed E-state index contributed by atoms with van der Waals surface area (Å²) in [5.74, 6) is -0.150. The summed E-state index contributed by atoms with van der Waals surface area (Å²) in [4.78, 5) is 42.9. The molecular formula is C22H19FN4O4. The van der Waals surface area contributed by atoms with Crippen LogP contribution in [0.2, 0.25) is 0 Å². The van der Waals surface area contributed by atoms with Crippen LogP contribution in [0.5, 0.6) is 5.75 Å². The Labute approximate surface area is 175 Å². The van der Waals surface area contributed by atoms with Crippen LogP contribution < -0.4 is 16.0 Å². The number of Topliss-reactive ketones (excluding diaryl/α,β-unsaturated/α-hetero) is 1. The number of hydrogen-bond donors (Lipinski definition) is 0. The first kappa shape index (κ1) is 20.3. The largest absolute Gasteiger partial charge is 0.497 e. The molecule has 0 bridgehead atoms. The molecule has 2 aromatic heterocycles. The Balaban J connectivity index is 1.86. The Morgan fingerprint density at radius 1 is 1.13 bits per heavy atom. The normalized spacial score (nSPS) is 11.1. The molecule has 0 N–H and O–H groups in total. The average molecular weight is 422 g/mol. The van der Waals surface area contributed by atoms with Crippen LogP contribution in [0.4, 0.5) is 4.39 Å². The summed E-state index contributed by atoms with van der Waals surface area (Å²) in [5.41, 5.74) is -0.353. The lowest BCUT2D eigenvalue weighted by Crippen LogP contribution is -2.39. The number of rotatable bonds is 6. The molecule has 4 rings (SSSR count). The summed E-state index contributed by atoms with van der Waals surface area (Å²) in [5, 5.41) is 0. The van der Waals surface area contributed by atoms with Gasteiger partial charge in [-0.2, -0.15) is 0 Å². The maximum Gasteiger partial charge on any atom is 0.337 e. The molecule has 4 aromatic rings. The number of ketones is 1. The van der Waals surface area contributed by atoms with Crippen LogP contribution in [0.25, 0.3) is 16.9 Å². The lowest BCUT2D eigenvalue weighted by atomic mass is 10.1. The van der Waals surface area contributed by atoms with Gasteiger partial charge in [-0.3, -0.25) is 14.2 Å².